The number of hydrogen-bond donors (Lipinski definition) is 1. The van der Waals surface area contributed by atoms with Gasteiger partial charge in [-0.2, -0.15) is 0 Å². The topological polar surface area (TPSA) is 32.7 Å². The van der Waals surface area contributed by atoms with Gasteiger partial charge < -0.3 is 14.7 Å². The Morgan fingerprint density at radius 2 is 1.93 bits per heavy atom. The summed E-state index contributed by atoms with van der Waals surface area (Å²) in [5, 5.41) is 9.88. The Morgan fingerprint density at radius 1 is 1.36 bits per heavy atom. The lowest BCUT2D eigenvalue weighted by molar-refractivity contribution is -0.00974. The van der Waals surface area contributed by atoms with Gasteiger partial charge in [0.2, 0.25) is 0 Å². The lowest BCUT2D eigenvalue weighted by Gasteiger charge is -2.38. The van der Waals surface area contributed by atoms with Crippen LogP contribution < -0.4 is 0 Å². The second kappa shape index (κ2) is 4.17. The van der Waals surface area contributed by atoms with Crippen molar-refractivity contribution in [1.29, 1.82) is 0 Å². The number of hydrogen-bond acceptors (Lipinski definition) is 3. The van der Waals surface area contributed by atoms with Gasteiger partial charge in [0.1, 0.15) is 0 Å². The Bertz CT molecular complexity index is 184. The number of piperidine rings is 1. The molecule has 2 aliphatic heterocycles. The van der Waals surface area contributed by atoms with E-state index in [4.69, 9.17) is 4.74 Å². The molecule has 0 aromatic heterocycles. The van der Waals surface area contributed by atoms with Crippen LogP contribution in [0.1, 0.15) is 25.7 Å². The van der Waals surface area contributed by atoms with Crippen LogP contribution in [0.3, 0.4) is 0 Å². The summed E-state index contributed by atoms with van der Waals surface area (Å²) in [4.78, 5) is 2.50. The van der Waals surface area contributed by atoms with Crippen LogP contribution in [0.2, 0.25) is 0 Å². The molecule has 0 aliphatic carbocycles. The minimum absolute atomic E-state index is 0.253. The van der Waals surface area contributed by atoms with E-state index >= 15 is 0 Å². The van der Waals surface area contributed by atoms with Gasteiger partial charge in [-0.1, -0.05) is 0 Å². The number of ether oxygens (including phenoxy) is 1. The molecule has 14 heavy (non-hydrogen) atoms. The van der Waals surface area contributed by atoms with Crippen molar-refractivity contribution in [2.24, 2.45) is 5.92 Å². The molecule has 0 saturated carbocycles. The molecule has 1 N–H and O–H groups in total. The van der Waals surface area contributed by atoms with Gasteiger partial charge in [0.05, 0.1) is 12.7 Å². The molecule has 2 bridgehead atoms. The normalized spacial score (nSPS) is 40.1. The molecule has 0 aromatic rings. The third kappa shape index (κ3) is 1.81. The smallest absolute Gasteiger partial charge is 0.0802 e. The highest BCUT2D eigenvalue weighted by Crippen LogP contribution is 2.38. The Balaban J connectivity index is 1.92. The van der Waals surface area contributed by atoms with Gasteiger partial charge in [0, 0.05) is 19.2 Å². The molecule has 2 heterocycles. The van der Waals surface area contributed by atoms with E-state index in [0.29, 0.717) is 24.6 Å². The molecular weight excluding hydrogens is 178 g/mol. The lowest BCUT2D eigenvalue weighted by Crippen LogP contribution is -2.44. The maximum atomic E-state index is 9.88. The molecule has 3 unspecified atom stereocenters. The Kier molecular flexibility index (Phi) is 3.10. The average Bonchev–Trinajstić information content (AvgIpc) is 2.42. The van der Waals surface area contributed by atoms with Crippen molar-refractivity contribution >= 4 is 0 Å². The molecule has 2 rings (SSSR count). The summed E-state index contributed by atoms with van der Waals surface area (Å²) in [7, 11) is 3.88. The lowest BCUT2D eigenvalue weighted by atomic mass is 9.87. The largest absolute Gasteiger partial charge is 0.390 e. The highest BCUT2D eigenvalue weighted by Gasteiger charge is 2.40. The van der Waals surface area contributed by atoms with Gasteiger partial charge in [-0.05, 0) is 38.6 Å². The monoisotopic (exact) mass is 199 g/mol. The predicted molar refractivity (Wildman–Crippen MR) is 55.2 cm³/mol. The van der Waals surface area contributed by atoms with E-state index in [1.54, 1.807) is 7.11 Å². The zero-order valence-corrected chi connectivity index (χ0v) is 9.15. The maximum absolute atomic E-state index is 9.88. The zero-order valence-electron chi connectivity index (χ0n) is 9.15. The maximum Gasteiger partial charge on any atom is 0.0802 e. The van der Waals surface area contributed by atoms with Gasteiger partial charge >= 0.3 is 0 Å². The molecular formula is C11H21NO2. The number of rotatable bonds is 3. The number of nitrogens with zero attached hydrogens (tertiary/aromatic N) is 1. The summed E-state index contributed by atoms with van der Waals surface area (Å²) in [5.74, 6) is 0.462. The first-order valence-electron chi connectivity index (χ1n) is 5.61. The van der Waals surface area contributed by atoms with E-state index in [9.17, 15) is 5.11 Å². The summed E-state index contributed by atoms with van der Waals surface area (Å²) in [6.07, 6.45) is 4.68. The summed E-state index contributed by atoms with van der Waals surface area (Å²) in [6, 6.07) is 1.43. The Morgan fingerprint density at radius 3 is 2.43 bits per heavy atom. The molecule has 3 nitrogen and oxygen atoms in total. The number of methoxy groups -OCH3 is 1. The molecule has 0 amide bonds. The average molecular weight is 199 g/mol. The highest BCUT2D eigenvalue weighted by atomic mass is 16.5. The molecule has 2 fully saturated rings. The highest BCUT2D eigenvalue weighted by molar-refractivity contribution is 4.95. The van der Waals surface area contributed by atoms with Crippen molar-refractivity contribution in [3.8, 4) is 0 Å². The van der Waals surface area contributed by atoms with Crippen molar-refractivity contribution in [1.82, 2.24) is 4.90 Å². The van der Waals surface area contributed by atoms with Crippen molar-refractivity contribution in [2.45, 2.75) is 43.9 Å². The van der Waals surface area contributed by atoms with Gasteiger partial charge in [-0.25, -0.2) is 0 Å². The van der Waals surface area contributed by atoms with Crippen LogP contribution in [0, 0.1) is 5.92 Å². The molecule has 2 saturated heterocycles. The summed E-state index contributed by atoms with van der Waals surface area (Å²) < 4.78 is 5.01. The summed E-state index contributed by atoms with van der Waals surface area (Å²) >= 11 is 0. The molecule has 3 heteroatoms. The van der Waals surface area contributed by atoms with Crippen molar-refractivity contribution in [3.05, 3.63) is 0 Å². The summed E-state index contributed by atoms with van der Waals surface area (Å²) in [6.45, 7) is 0.494. The molecule has 3 atom stereocenters. The molecule has 0 aromatic carbocycles. The molecule has 2 aliphatic rings. The van der Waals surface area contributed by atoms with Crippen molar-refractivity contribution in [3.63, 3.8) is 0 Å². The van der Waals surface area contributed by atoms with Crippen LogP contribution >= 0.6 is 0 Å². The molecule has 0 radical (unpaired) electrons. The van der Waals surface area contributed by atoms with E-state index < -0.39 is 0 Å². The SMILES string of the molecule is COCC(O)C1CC2CCC(C1)N2C. The van der Waals surface area contributed by atoms with Gasteiger partial charge in [0.15, 0.2) is 0 Å². The Labute approximate surface area is 86.0 Å². The van der Waals surface area contributed by atoms with Gasteiger partial charge in [-0.15, -0.1) is 0 Å². The fourth-order valence-electron chi connectivity index (χ4n) is 3.07. The molecule has 0 spiro atoms. The van der Waals surface area contributed by atoms with Crippen LogP contribution in [-0.2, 0) is 4.74 Å². The Hall–Kier alpha value is -0.120. The first-order valence-corrected chi connectivity index (χ1v) is 5.61. The second-order valence-corrected chi connectivity index (χ2v) is 4.80. The van der Waals surface area contributed by atoms with Gasteiger partial charge in [-0.3, -0.25) is 0 Å². The fraction of sp³-hybridized carbons (Fsp3) is 1.00. The van der Waals surface area contributed by atoms with Crippen LogP contribution in [0.5, 0.6) is 0 Å². The zero-order chi connectivity index (χ0) is 10.1. The van der Waals surface area contributed by atoms with E-state index in [-0.39, 0.29) is 6.10 Å². The van der Waals surface area contributed by atoms with Crippen LogP contribution in [-0.4, -0.2) is 49.0 Å². The third-order valence-corrected chi connectivity index (χ3v) is 4.02. The third-order valence-electron chi connectivity index (χ3n) is 4.02. The van der Waals surface area contributed by atoms with E-state index in [0.717, 1.165) is 12.8 Å². The fourth-order valence-corrected chi connectivity index (χ4v) is 3.07. The van der Waals surface area contributed by atoms with Crippen LogP contribution in [0.4, 0.5) is 0 Å². The van der Waals surface area contributed by atoms with Crippen LogP contribution in [0.15, 0.2) is 0 Å². The van der Waals surface area contributed by atoms with E-state index in [1.807, 2.05) is 0 Å². The standard InChI is InChI=1S/C11H21NO2/c1-12-9-3-4-10(12)6-8(5-9)11(13)7-14-2/h8-11,13H,3-7H2,1-2H3. The first-order chi connectivity index (χ1) is 6.72. The predicted octanol–water partition coefficient (Wildman–Crippen LogP) is 0.866. The van der Waals surface area contributed by atoms with Crippen molar-refractivity contribution < 1.29 is 9.84 Å². The van der Waals surface area contributed by atoms with Gasteiger partial charge in [0.25, 0.3) is 0 Å². The second-order valence-electron chi connectivity index (χ2n) is 4.80. The quantitative estimate of drug-likeness (QED) is 0.732. The number of aliphatic hydroxyl groups excluding tert-OH is 1. The van der Waals surface area contributed by atoms with Crippen molar-refractivity contribution in [2.75, 3.05) is 20.8 Å². The summed E-state index contributed by atoms with van der Waals surface area (Å²) in [5.41, 5.74) is 0. The van der Waals surface area contributed by atoms with Crippen LogP contribution in [0.25, 0.3) is 0 Å². The van der Waals surface area contributed by atoms with E-state index in [1.165, 1.54) is 12.8 Å². The minimum Gasteiger partial charge on any atom is -0.390 e. The first kappa shape index (κ1) is 10.4. The number of fused-ring (bicyclic) bond motifs is 2. The van der Waals surface area contributed by atoms with E-state index in [2.05, 4.69) is 11.9 Å². The molecule has 82 valence electrons. The minimum atomic E-state index is -0.253. The number of aliphatic hydroxyl groups is 1.